The molecule has 1 N–H and O–H groups in total. The highest BCUT2D eigenvalue weighted by Gasteiger charge is 2.30. The van der Waals surface area contributed by atoms with Crippen LogP contribution in [-0.2, 0) is 24.7 Å². The molecule has 1 aliphatic rings. The Morgan fingerprint density at radius 2 is 1.85 bits per heavy atom. The Morgan fingerprint density at radius 3 is 2.46 bits per heavy atom. The highest BCUT2D eigenvalue weighted by Crippen LogP contribution is 2.29. The molecule has 1 unspecified atom stereocenters. The molecule has 216 valence electrons. The molecule has 0 spiro atoms. The van der Waals surface area contributed by atoms with E-state index in [1.807, 2.05) is 50.2 Å². The van der Waals surface area contributed by atoms with Crippen LogP contribution in [0.1, 0.15) is 38.7 Å². The second kappa shape index (κ2) is 12.8. The van der Waals surface area contributed by atoms with Gasteiger partial charge in [0.15, 0.2) is 9.84 Å². The third kappa shape index (κ3) is 7.11. The minimum Gasteiger partial charge on any atom is -0.348 e. The third-order valence-corrected chi connectivity index (χ3v) is 10.3. The Balaban J connectivity index is 1.77. The zero-order valence-electron chi connectivity index (χ0n) is 23.0. The molecule has 3 aromatic rings. The van der Waals surface area contributed by atoms with Gasteiger partial charge in [-0.3, -0.25) is 4.79 Å². The maximum atomic E-state index is 13.5. The first-order valence-electron chi connectivity index (χ1n) is 13.5. The molecule has 2 heterocycles. The third-order valence-electron chi connectivity index (χ3n) is 6.69. The smallest absolute Gasteiger partial charge is 0.262 e. The first-order chi connectivity index (χ1) is 19.6. The number of hydrogen-bond acceptors (Lipinski definition) is 7. The van der Waals surface area contributed by atoms with Crippen LogP contribution in [0, 0.1) is 11.3 Å². The molecule has 1 fully saturated rings. The van der Waals surface area contributed by atoms with E-state index in [9.17, 15) is 26.9 Å². The van der Waals surface area contributed by atoms with Gasteiger partial charge in [-0.25, -0.2) is 21.5 Å². The van der Waals surface area contributed by atoms with Crippen molar-refractivity contribution >= 4 is 31.8 Å². The van der Waals surface area contributed by atoms with Gasteiger partial charge in [-0.2, -0.15) is 14.7 Å². The Morgan fingerprint density at radius 1 is 1.15 bits per heavy atom. The van der Waals surface area contributed by atoms with Gasteiger partial charge in [-0.05, 0) is 49.6 Å². The predicted molar refractivity (Wildman–Crippen MR) is 157 cm³/mol. The second-order valence-electron chi connectivity index (χ2n) is 9.89. The molecule has 0 bridgehead atoms. The van der Waals surface area contributed by atoms with Gasteiger partial charge in [0.05, 0.1) is 22.1 Å². The molecule has 1 amide bonds. The number of para-hydroxylation sites is 1. The van der Waals surface area contributed by atoms with Gasteiger partial charge in [0.25, 0.3) is 5.91 Å². The lowest BCUT2D eigenvalue weighted by Gasteiger charge is -2.21. The van der Waals surface area contributed by atoms with Crippen molar-refractivity contribution in [3.8, 4) is 23.0 Å². The van der Waals surface area contributed by atoms with Crippen molar-refractivity contribution < 1.29 is 21.6 Å². The van der Waals surface area contributed by atoms with Crippen LogP contribution in [0.3, 0.4) is 0 Å². The molecule has 0 saturated carbocycles. The van der Waals surface area contributed by atoms with Crippen LogP contribution in [0.25, 0.3) is 23.0 Å². The average Bonchev–Trinajstić information content (AvgIpc) is 3.54. The van der Waals surface area contributed by atoms with E-state index in [2.05, 4.69) is 5.32 Å². The molecule has 0 radical (unpaired) electrons. The molecule has 41 heavy (non-hydrogen) atoms. The molecule has 1 saturated heterocycles. The molecular weight excluding hydrogens is 562 g/mol. The van der Waals surface area contributed by atoms with E-state index < -0.39 is 31.8 Å². The fourth-order valence-corrected chi connectivity index (χ4v) is 8.05. The summed E-state index contributed by atoms with van der Waals surface area (Å²) in [6.07, 6.45) is 4.71. The second-order valence-corrected chi connectivity index (χ2v) is 14.1. The lowest BCUT2D eigenvalue weighted by molar-refractivity contribution is -0.117. The number of aromatic nitrogens is 2. The molecule has 1 aliphatic heterocycles. The van der Waals surface area contributed by atoms with E-state index in [1.54, 1.807) is 35.1 Å². The maximum absolute atomic E-state index is 13.5. The van der Waals surface area contributed by atoms with Crippen molar-refractivity contribution in [3.63, 3.8) is 0 Å². The van der Waals surface area contributed by atoms with Crippen LogP contribution >= 0.6 is 0 Å². The van der Waals surface area contributed by atoms with E-state index in [-0.39, 0.29) is 28.4 Å². The van der Waals surface area contributed by atoms with Crippen molar-refractivity contribution in [1.29, 1.82) is 5.26 Å². The Labute approximate surface area is 241 Å². The highest BCUT2D eigenvalue weighted by molar-refractivity contribution is 7.91. The summed E-state index contributed by atoms with van der Waals surface area (Å²) in [6.45, 7) is 4.66. The van der Waals surface area contributed by atoms with Crippen molar-refractivity contribution in [3.05, 3.63) is 71.9 Å². The predicted octanol–water partition coefficient (Wildman–Crippen LogP) is 3.56. The standard InChI is InChI=1S/C29H33N5O5S2/c1-3-14-33(15-4-2)41(38,39)27-12-8-9-22(18-27)28-24(20-34(32-28)26-10-6-5-7-11-26)17-23(19-30)29(35)31-25-13-16-40(36,37)21-25/h5-12,17-18,20,25H,3-4,13-16,21H2,1-2H3,(H,31,35). The van der Waals surface area contributed by atoms with Gasteiger partial charge in [0.1, 0.15) is 17.3 Å². The number of hydrogen-bond donors (Lipinski definition) is 1. The van der Waals surface area contributed by atoms with Crippen LogP contribution in [0.2, 0.25) is 0 Å². The van der Waals surface area contributed by atoms with Crippen molar-refractivity contribution in [1.82, 2.24) is 19.4 Å². The summed E-state index contributed by atoms with van der Waals surface area (Å²) in [5, 5.41) is 17.2. The average molecular weight is 596 g/mol. The quantitative estimate of drug-likeness (QED) is 0.264. The van der Waals surface area contributed by atoms with Crippen LogP contribution in [0.5, 0.6) is 0 Å². The molecule has 10 nitrogen and oxygen atoms in total. The number of benzene rings is 2. The maximum Gasteiger partial charge on any atom is 0.262 e. The van der Waals surface area contributed by atoms with Crippen LogP contribution in [-0.4, -0.2) is 67.5 Å². The summed E-state index contributed by atoms with van der Waals surface area (Å²) >= 11 is 0. The Hall–Kier alpha value is -3.79. The fourth-order valence-electron chi connectivity index (χ4n) is 4.71. The molecule has 4 rings (SSSR count). The minimum atomic E-state index is -3.76. The zero-order chi connectivity index (χ0) is 29.6. The Bertz CT molecular complexity index is 1680. The minimum absolute atomic E-state index is 0.00920. The number of sulfone groups is 1. The van der Waals surface area contributed by atoms with E-state index in [1.165, 1.54) is 10.4 Å². The molecule has 1 aromatic heterocycles. The summed E-state index contributed by atoms with van der Waals surface area (Å²) in [7, 11) is -6.98. The van der Waals surface area contributed by atoms with E-state index >= 15 is 0 Å². The molecule has 2 aromatic carbocycles. The van der Waals surface area contributed by atoms with Crippen molar-refractivity contribution in [2.75, 3.05) is 24.6 Å². The Kier molecular flexibility index (Phi) is 9.42. The normalized spacial score (nSPS) is 16.9. The number of carbonyl (C=O) groups excluding carboxylic acids is 1. The van der Waals surface area contributed by atoms with Gasteiger partial charge in [0, 0.05) is 36.5 Å². The van der Waals surface area contributed by atoms with E-state index in [0.717, 1.165) is 5.69 Å². The molecular formula is C29H33N5O5S2. The number of amides is 1. The monoisotopic (exact) mass is 595 g/mol. The van der Waals surface area contributed by atoms with Crippen LogP contribution in [0.4, 0.5) is 0 Å². The number of rotatable bonds is 11. The summed E-state index contributed by atoms with van der Waals surface area (Å²) in [5.41, 5.74) is 1.82. The number of nitrogens with one attached hydrogen (secondary N) is 1. The van der Waals surface area contributed by atoms with Crippen LogP contribution < -0.4 is 5.32 Å². The van der Waals surface area contributed by atoms with Crippen molar-refractivity contribution in [2.24, 2.45) is 0 Å². The lowest BCUT2D eigenvalue weighted by Crippen LogP contribution is -2.36. The number of sulfonamides is 1. The molecule has 0 aliphatic carbocycles. The molecule has 12 heteroatoms. The van der Waals surface area contributed by atoms with Gasteiger partial charge in [0.2, 0.25) is 10.0 Å². The number of nitrogens with zero attached hydrogens (tertiary/aromatic N) is 4. The van der Waals surface area contributed by atoms with Gasteiger partial charge >= 0.3 is 0 Å². The van der Waals surface area contributed by atoms with Gasteiger partial charge in [-0.15, -0.1) is 0 Å². The largest absolute Gasteiger partial charge is 0.348 e. The van der Waals surface area contributed by atoms with Gasteiger partial charge < -0.3 is 5.32 Å². The highest BCUT2D eigenvalue weighted by atomic mass is 32.2. The number of nitriles is 1. The lowest BCUT2D eigenvalue weighted by atomic mass is 10.1. The summed E-state index contributed by atoms with van der Waals surface area (Å²) < 4.78 is 53.7. The summed E-state index contributed by atoms with van der Waals surface area (Å²) in [4.78, 5) is 13.1. The van der Waals surface area contributed by atoms with Gasteiger partial charge in [-0.1, -0.05) is 44.2 Å². The first kappa shape index (κ1) is 30.2. The van der Waals surface area contributed by atoms with Crippen molar-refractivity contribution in [2.45, 2.75) is 44.0 Å². The number of carbonyl (C=O) groups is 1. The fraction of sp³-hybridized carbons (Fsp3) is 0.345. The van der Waals surface area contributed by atoms with E-state index in [0.29, 0.717) is 42.8 Å². The van der Waals surface area contributed by atoms with Crippen LogP contribution in [0.15, 0.2) is 71.3 Å². The zero-order valence-corrected chi connectivity index (χ0v) is 24.7. The SMILES string of the molecule is CCCN(CCC)S(=O)(=O)c1cccc(-c2nn(-c3ccccc3)cc2C=C(C#N)C(=O)NC2CCS(=O)(=O)C2)c1. The topological polar surface area (TPSA) is 142 Å². The first-order valence-corrected chi connectivity index (χ1v) is 16.7. The van der Waals surface area contributed by atoms with E-state index in [4.69, 9.17) is 5.10 Å². The summed E-state index contributed by atoms with van der Waals surface area (Å²) in [5.74, 6) is -0.854. The molecule has 1 atom stereocenters. The summed E-state index contributed by atoms with van der Waals surface area (Å²) in [6, 6.07) is 17.1.